The fraction of sp³-hybridized carbons (Fsp3) is 0.455. The molecule has 0 atom stereocenters. The maximum atomic E-state index is 5.55. The number of aryl methyl sites for hydroxylation is 2. The molecular weight excluding hydrogens is 188 g/mol. The normalized spacial score (nSPS) is 14.7. The Morgan fingerprint density at radius 2 is 2.33 bits per heavy atom. The molecule has 1 aliphatic carbocycles. The summed E-state index contributed by atoms with van der Waals surface area (Å²) in [6.07, 6.45) is 6.12. The molecule has 1 aliphatic rings. The van der Waals surface area contributed by atoms with E-state index >= 15 is 0 Å². The first-order valence-corrected chi connectivity index (χ1v) is 5.43. The largest absolute Gasteiger partial charge is 0.330 e. The molecule has 4 heteroatoms. The highest BCUT2D eigenvalue weighted by Gasteiger charge is 2.15. The molecule has 15 heavy (non-hydrogen) atoms. The summed E-state index contributed by atoms with van der Waals surface area (Å²) in [4.78, 5) is 4.35. The molecular formula is C11H14N4. The first-order chi connectivity index (χ1) is 7.38. The van der Waals surface area contributed by atoms with Crippen molar-refractivity contribution in [1.29, 1.82) is 0 Å². The number of nitrogens with zero attached hydrogens (tertiary/aromatic N) is 3. The zero-order chi connectivity index (χ0) is 10.3. The molecule has 0 aromatic carbocycles. The fourth-order valence-corrected chi connectivity index (χ4v) is 2.26. The van der Waals surface area contributed by atoms with Crippen molar-refractivity contribution in [1.82, 2.24) is 14.6 Å². The van der Waals surface area contributed by atoms with Gasteiger partial charge in [0.2, 0.25) is 0 Å². The van der Waals surface area contributed by atoms with E-state index in [4.69, 9.17) is 5.73 Å². The summed E-state index contributed by atoms with van der Waals surface area (Å²) in [5, 5.41) is 4.57. The molecule has 0 unspecified atom stereocenters. The Hall–Kier alpha value is -1.42. The second-order valence-corrected chi connectivity index (χ2v) is 4.03. The number of imidazole rings is 1. The quantitative estimate of drug-likeness (QED) is 0.780. The Balaban J connectivity index is 2.18. The number of hydrogen-bond donors (Lipinski definition) is 1. The zero-order valence-electron chi connectivity index (χ0n) is 8.61. The van der Waals surface area contributed by atoms with E-state index in [0.29, 0.717) is 6.54 Å². The molecule has 0 saturated heterocycles. The van der Waals surface area contributed by atoms with Crippen molar-refractivity contribution in [2.75, 3.05) is 6.54 Å². The van der Waals surface area contributed by atoms with Gasteiger partial charge in [0.25, 0.3) is 0 Å². The second-order valence-electron chi connectivity index (χ2n) is 4.03. The molecule has 2 N–H and O–H groups in total. The van der Waals surface area contributed by atoms with Crippen molar-refractivity contribution in [3.05, 3.63) is 29.3 Å². The van der Waals surface area contributed by atoms with Gasteiger partial charge in [-0.1, -0.05) is 0 Å². The van der Waals surface area contributed by atoms with E-state index in [1.807, 2.05) is 4.52 Å². The van der Waals surface area contributed by atoms with Crippen molar-refractivity contribution >= 4 is 5.52 Å². The van der Waals surface area contributed by atoms with Gasteiger partial charge in [-0.3, -0.25) is 0 Å². The molecule has 0 spiro atoms. The zero-order valence-corrected chi connectivity index (χ0v) is 8.61. The van der Waals surface area contributed by atoms with E-state index < -0.39 is 0 Å². The van der Waals surface area contributed by atoms with Crippen LogP contribution in [-0.2, 0) is 19.3 Å². The minimum Gasteiger partial charge on any atom is -0.330 e. The van der Waals surface area contributed by atoms with E-state index in [2.05, 4.69) is 16.1 Å². The molecule has 0 saturated carbocycles. The van der Waals surface area contributed by atoms with Crippen LogP contribution in [0.3, 0.4) is 0 Å². The predicted molar refractivity (Wildman–Crippen MR) is 57.8 cm³/mol. The smallest absolute Gasteiger partial charge is 0.118 e. The molecule has 3 rings (SSSR count). The highest BCUT2D eigenvalue weighted by molar-refractivity contribution is 5.54. The minimum atomic E-state index is 0.643. The first kappa shape index (κ1) is 8.85. The number of aromatic nitrogens is 3. The molecule has 2 heterocycles. The summed E-state index contributed by atoms with van der Waals surface area (Å²) >= 11 is 0. The topological polar surface area (TPSA) is 56.2 Å². The number of nitrogens with two attached hydrogens (primary N) is 1. The maximum Gasteiger partial charge on any atom is 0.118 e. The van der Waals surface area contributed by atoms with Gasteiger partial charge in [-0.15, -0.1) is 0 Å². The average Bonchev–Trinajstić information content (AvgIpc) is 2.82. The van der Waals surface area contributed by atoms with E-state index in [0.717, 1.165) is 30.5 Å². The third-order valence-electron chi connectivity index (χ3n) is 3.02. The molecule has 4 nitrogen and oxygen atoms in total. The Kier molecular flexibility index (Phi) is 1.95. The van der Waals surface area contributed by atoms with Crippen LogP contribution in [-0.4, -0.2) is 21.1 Å². The minimum absolute atomic E-state index is 0.643. The second kappa shape index (κ2) is 3.31. The standard InChI is InChI=1S/C11H14N4/c12-5-4-10-11-6-8-2-1-3-9(8)14-15(11)7-13-10/h6-7H,1-5,12H2. The van der Waals surface area contributed by atoms with Gasteiger partial charge < -0.3 is 5.73 Å². The van der Waals surface area contributed by atoms with Crippen molar-refractivity contribution < 1.29 is 0 Å². The first-order valence-electron chi connectivity index (χ1n) is 5.43. The van der Waals surface area contributed by atoms with Crippen LogP contribution in [0.2, 0.25) is 0 Å². The molecule has 0 radical (unpaired) electrons. The molecule has 0 bridgehead atoms. The highest BCUT2D eigenvalue weighted by atomic mass is 15.2. The summed E-state index contributed by atoms with van der Waals surface area (Å²) in [5.41, 5.74) is 10.4. The molecule has 0 aliphatic heterocycles. The Morgan fingerprint density at radius 3 is 3.20 bits per heavy atom. The molecule has 78 valence electrons. The number of hydrogen-bond acceptors (Lipinski definition) is 3. The third kappa shape index (κ3) is 1.33. The number of rotatable bonds is 2. The summed E-state index contributed by atoms with van der Waals surface area (Å²) in [6.45, 7) is 0.643. The Labute approximate surface area is 88.1 Å². The third-order valence-corrected chi connectivity index (χ3v) is 3.02. The Morgan fingerprint density at radius 1 is 1.40 bits per heavy atom. The van der Waals surface area contributed by atoms with Crippen LogP contribution in [0.4, 0.5) is 0 Å². The van der Waals surface area contributed by atoms with Gasteiger partial charge in [0, 0.05) is 6.42 Å². The van der Waals surface area contributed by atoms with E-state index in [-0.39, 0.29) is 0 Å². The number of fused-ring (bicyclic) bond motifs is 2. The van der Waals surface area contributed by atoms with Gasteiger partial charge in [0.05, 0.1) is 16.9 Å². The van der Waals surface area contributed by atoms with E-state index in [1.54, 1.807) is 6.33 Å². The summed E-state index contributed by atoms with van der Waals surface area (Å²) in [6, 6.07) is 2.23. The molecule has 2 aromatic rings. The summed E-state index contributed by atoms with van der Waals surface area (Å²) in [5.74, 6) is 0. The van der Waals surface area contributed by atoms with Crippen LogP contribution in [0.5, 0.6) is 0 Å². The summed E-state index contributed by atoms with van der Waals surface area (Å²) < 4.78 is 1.88. The van der Waals surface area contributed by atoms with Crippen molar-refractivity contribution in [2.45, 2.75) is 25.7 Å². The molecule has 0 fully saturated rings. The fourth-order valence-electron chi connectivity index (χ4n) is 2.26. The van der Waals surface area contributed by atoms with Crippen LogP contribution in [0.25, 0.3) is 5.52 Å². The van der Waals surface area contributed by atoms with Crippen LogP contribution in [0.1, 0.15) is 23.4 Å². The van der Waals surface area contributed by atoms with E-state index in [1.165, 1.54) is 17.7 Å². The van der Waals surface area contributed by atoms with Gasteiger partial charge in [0.1, 0.15) is 6.33 Å². The van der Waals surface area contributed by atoms with Crippen LogP contribution >= 0.6 is 0 Å². The van der Waals surface area contributed by atoms with Crippen LogP contribution in [0.15, 0.2) is 12.4 Å². The lowest BCUT2D eigenvalue weighted by Crippen LogP contribution is -2.04. The lowest BCUT2D eigenvalue weighted by Gasteiger charge is -2.01. The van der Waals surface area contributed by atoms with Gasteiger partial charge in [-0.2, -0.15) is 5.10 Å². The van der Waals surface area contributed by atoms with Gasteiger partial charge in [-0.05, 0) is 37.4 Å². The van der Waals surface area contributed by atoms with Crippen molar-refractivity contribution in [3.8, 4) is 0 Å². The molecule has 2 aromatic heterocycles. The van der Waals surface area contributed by atoms with Gasteiger partial charge in [0.15, 0.2) is 0 Å². The van der Waals surface area contributed by atoms with Gasteiger partial charge >= 0.3 is 0 Å². The predicted octanol–water partition coefficient (Wildman–Crippen LogP) is 0.719. The van der Waals surface area contributed by atoms with Crippen LogP contribution < -0.4 is 5.73 Å². The summed E-state index contributed by atoms with van der Waals surface area (Å²) in [7, 11) is 0. The average molecular weight is 202 g/mol. The van der Waals surface area contributed by atoms with Crippen molar-refractivity contribution in [3.63, 3.8) is 0 Å². The highest BCUT2D eigenvalue weighted by Crippen LogP contribution is 2.22. The monoisotopic (exact) mass is 202 g/mol. The Bertz CT molecular complexity index is 501. The molecule has 0 amide bonds. The SMILES string of the molecule is NCCc1ncn2nc3c(cc12)CCC3. The van der Waals surface area contributed by atoms with Crippen LogP contribution in [0, 0.1) is 0 Å². The maximum absolute atomic E-state index is 5.55. The lowest BCUT2D eigenvalue weighted by atomic mass is 10.2. The van der Waals surface area contributed by atoms with Gasteiger partial charge in [-0.25, -0.2) is 9.50 Å². The van der Waals surface area contributed by atoms with Crippen molar-refractivity contribution in [2.24, 2.45) is 5.73 Å². The lowest BCUT2D eigenvalue weighted by molar-refractivity contribution is 0.844. The van der Waals surface area contributed by atoms with E-state index in [9.17, 15) is 0 Å².